The van der Waals surface area contributed by atoms with E-state index in [9.17, 15) is 8.78 Å². The van der Waals surface area contributed by atoms with Crippen LogP contribution in [0.1, 0.15) is 52.7 Å². The molecule has 0 amide bonds. The van der Waals surface area contributed by atoms with E-state index in [1.165, 1.54) is 29.8 Å². The normalized spacial score (nSPS) is 12.5. The first-order chi connectivity index (χ1) is 36.7. The van der Waals surface area contributed by atoms with Crippen molar-refractivity contribution in [3.05, 3.63) is 254 Å². The minimum absolute atomic E-state index is 0. The standard InChI is InChI=1S/C68H54F2N5O.Pt/c1-67(2,3)47-35-36-71-65(39-47)75-61-22-14-13-21-57(61)58-34-33-55(43-64(58)75)76-56-41-53(40-54(42-56)74(51-17-9-7-10-18-51)52-19-11-8-12-20-52)72-44-73(63-24-16-15-23-62(63)72)66-59(45-25-29-49(69)30-26-45)37-48(68(4,5)6)38-60(66)46-27-31-50(70)32-28-46;/h7-40,42,44H,1-6H3;/q-3;. The van der Waals surface area contributed by atoms with Crippen molar-refractivity contribution in [3.63, 3.8) is 0 Å². The number of rotatable bonds is 10. The van der Waals surface area contributed by atoms with Crippen molar-refractivity contribution in [2.24, 2.45) is 0 Å². The molecule has 0 atom stereocenters. The third kappa shape index (κ3) is 9.79. The van der Waals surface area contributed by atoms with Gasteiger partial charge >= 0.3 is 0 Å². The maximum Gasteiger partial charge on any atom is 0.135 e. The SMILES string of the molecule is CC(C)(C)c1ccnc(-n2c3[c-]c(Oc4[c-]c(N5[CH-]N(c6c(-c7ccc(F)cc7)cc(C(C)(C)C)cc6-c6ccc(F)cc6)c6ccccc65)cc(N(c5ccccc5)c5ccccc5)c4)ccc3c3ccccc32)c1.[Pt]. The van der Waals surface area contributed by atoms with Gasteiger partial charge in [0.15, 0.2) is 0 Å². The Balaban J connectivity index is 0.00000631. The van der Waals surface area contributed by atoms with Crippen LogP contribution in [0.5, 0.6) is 11.5 Å². The summed E-state index contributed by atoms with van der Waals surface area (Å²) in [6.07, 6.45) is 1.88. The summed E-state index contributed by atoms with van der Waals surface area (Å²) < 4.78 is 38.7. The number of anilines is 7. The van der Waals surface area contributed by atoms with Crippen LogP contribution in [-0.2, 0) is 31.9 Å². The van der Waals surface area contributed by atoms with E-state index in [0.29, 0.717) is 17.2 Å². The van der Waals surface area contributed by atoms with Gasteiger partial charge in [-0.15, -0.1) is 42.4 Å². The average molecular weight is 1190 g/mol. The number of pyridine rings is 1. The zero-order chi connectivity index (χ0) is 52.3. The predicted octanol–water partition coefficient (Wildman–Crippen LogP) is 18.7. The first-order valence-corrected chi connectivity index (χ1v) is 25.6. The molecule has 1 aliphatic heterocycles. The second-order valence-electron chi connectivity index (χ2n) is 21.3. The number of para-hydroxylation sites is 5. The van der Waals surface area contributed by atoms with Gasteiger partial charge in [0.2, 0.25) is 0 Å². The molecule has 11 aromatic rings. The molecule has 0 N–H and O–H groups in total. The van der Waals surface area contributed by atoms with Crippen LogP contribution in [0.4, 0.5) is 48.6 Å². The van der Waals surface area contributed by atoms with Crippen molar-refractivity contribution in [1.29, 1.82) is 0 Å². The first-order valence-electron chi connectivity index (χ1n) is 25.6. The molecule has 12 rings (SSSR count). The summed E-state index contributed by atoms with van der Waals surface area (Å²) in [5.74, 6) is 1.13. The monoisotopic (exact) mass is 1190 g/mol. The number of aromatic nitrogens is 2. The van der Waals surface area contributed by atoms with Crippen LogP contribution in [0, 0.1) is 30.4 Å². The molecule has 0 radical (unpaired) electrons. The van der Waals surface area contributed by atoms with Crippen molar-refractivity contribution in [3.8, 4) is 39.6 Å². The minimum atomic E-state index is -0.323. The van der Waals surface area contributed by atoms with E-state index in [2.05, 4.69) is 177 Å². The van der Waals surface area contributed by atoms with Crippen LogP contribution >= 0.6 is 0 Å². The molecular weight excluding hydrogens is 1140 g/mol. The van der Waals surface area contributed by atoms with Gasteiger partial charge in [-0.1, -0.05) is 149 Å². The molecule has 0 unspecified atom stereocenters. The predicted molar refractivity (Wildman–Crippen MR) is 307 cm³/mol. The Kier molecular flexibility index (Phi) is 13.4. The molecule has 384 valence electrons. The molecule has 0 saturated heterocycles. The quantitative estimate of drug-likeness (QED) is 0.128. The molecule has 0 bridgehead atoms. The summed E-state index contributed by atoms with van der Waals surface area (Å²) in [4.78, 5) is 11.5. The number of hydrogen-bond donors (Lipinski definition) is 0. The third-order valence-corrected chi connectivity index (χ3v) is 14.1. The molecule has 2 aromatic heterocycles. The summed E-state index contributed by atoms with van der Waals surface area (Å²) in [5, 5.41) is 2.12. The van der Waals surface area contributed by atoms with Crippen LogP contribution in [-0.4, -0.2) is 9.55 Å². The largest absolute Gasteiger partial charge is 0.509 e. The molecular formula is C68H54F2N5OPt-3. The Hall–Kier alpha value is -8.32. The van der Waals surface area contributed by atoms with E-state index >= 15 is 0 Å². The maximum atomic E-state index is 14.7. The van der Waals surface area contributed by atoms with Gasteiger partial charge in [-0.05, 0) is 129 Å². The van der Waals surface area contributed by atoms with Gasteiger partial charge in [0.25, 0.3) is 0 Å². The van der Waals surface area contributed by atoms with E-state index in [-0.39, 0.29) is 43.5 Å². The van der Waals surface area contributed by atoms with Gasteiger partial charge in [0.05, 0.1) is 0 Å². The van der Waals surface area contributed by atoms with Gasteiger partial charge in [-0.25, -0.2) is 13.8 Å². The molecule has 6 nitrogen and oxygen atoms in total. The second-order valence-corrected chi connectivity index (χ2v) is 21.3. The molecule has 0 saturated carbocycles. The number of halogens is 2. The number of ether oxygens (including phenoxy) is 1. The van der Waals surface area contributed by atoms with Gasteiger partial charge < -0.3 is 24.0 Å². The molecule has 77 heavy (non-hydrogen) atoms. The van der Waals surface area contributed by atoms with E-state index in [1.807, 2.05) is 91.1 Å². The second kappa shape index (κ2) is 20.3. The van der Waals surface area contributed by atoms with Gasteiger partial charge in [-0.3, -0.25) is 0 Å². The first kappa shape index (κ1) is 50.8. The Labute approximate surface area is 463 Å². The average Bonchev–Trinajstić information content (AvgIpc) is 4.19. The minimum Gasteiger partial charge on any atom is -0.509 e. The van der Waals surface area contributed by atoms with E-state index < -0.39 is 0 Å². The molecule has 0 aliphatic carbocycles. The Morgan fingerprint density at radius 3 is 1.66 bits per heavy atom. The Morgan fingerprint density at radius 2 is 1.06 bits per heavy atom. The van der Waals surface area contributed by atoms with Crippen molar-refractivity contribution < 1.29 is 34.6 Å². The van der Waals surface area contributed by atoms with Crippen molar-refractivity contribution in [2.45, 2.75) is 52.4 Å². The Bertz CT molecular complexity index is 3840. The molecule has 0 fully saturated rings. The molecule has 1 aliphatic rings. The summed E-state index contributed by atoms with van der Waals surface area (Å²) in [6.45, 7) is 15.3. The van der Waals surface area contributed by atoms with Crippen molar-refractivity contribution in [1.82, 2.24) is 9.55 Å². The molecule has 9 aromatic carbocycles. The number of nitrogens with zero attached hydrogens (tertiary/aromatic N) is 5. The van der Waals surface area contributed by atoms with Crippen LogP contribution in [0.3, 0.4) is 0 Å². The summed E-state index contributed by atoms with van der Waals surface area (Å²) in [5.41, 5.74) is 13.3. The summed E-state index contributed by atoms with van der Waals surface area (Å²) in [7, 11) is 0. The van der Waals surface area contributed by atoms with Crippen LogP contribution in [0.15, 0.2) is 212 Å². The van der Waals surface area contributed by atoms with Gasteiger partial charge in [0.1, 0.15) is 17.5 Å². The van der Waals surface area contributed by atoms with Crippen LogP contribution in [0.2, 0.25) is 0 Å². The van der Waals surface area contributed by atoms with E-state index in [1.54, 1.807) is 0 Å². The zero-order valence-corrected chi connectivity index (χ0v) is 45.8. The number of benzene rings is 9. The summed E-state index contributed by atoms with van der Waals surface area (Å²) in [6, 6.07) is 74.8. The third-order valence-electron chi connectivity index (χ3n) is 14.1. The van der Waals surface area contributed by atoms with Gasteiger partial charge in [0, 0.05) is 83.8 Å². The van der Waals surface area contributed by atoms with Crippen LogP contribution < -0.4 is 19.4 Å². The Morgan fingerprint density at radius 1 is 0.506 bits per heavy atom. The maximum absolute atomic E-state index is 14.7. The number of fused-ring (bicyclic) bond motifs is 4. The number of hydrogen-bond acceptors (Lipinski definition) is 5. The molecule has 0 spiro atoms. The molecule has 9 heteroatoms. The van der Waals surface area contributed by atoms with Gasteiger partial charge in [-0.2, -0.15) is 6.07 Å². The smallest absolute Gasteiger partial charge is 0.135 e. The zero-order valence-electron chi connectivity index (χ0n) is 43.5. The summed E-state index contributed by atoms with van der Waals surface area (Å²) >= 11 is 0. The van der Waals surface area contributed by atoms with Crippen molar-refractivity contribution in [2.75, 3.05) is 14.7 Å². The van der Waals surface area contributed by atoms with E-state index in [0.717, 1.165) is 89.6 Å². The van der Waals surface area contributed by atoms with E-state index in [4.69, 9.17) is 9.72 Å². The fraction of sp³-hybridized carbons (Fsp3) is 0.118. The fourth-order valence-corrected chi connectivity index (χ4v) is 10.2. The fourth-order valence-electron chi connectivity index (χ4n) is 10.2. The van der Waals surface area contributed by atoms with Crippen molar-refractivity contribution >= 4 is 61.6 Å². The molecule has 3 heterocycles. The topological polar surface area (TPSA) is 36.8 Å². The van der Waals surface area contributed by atoms with Crippen LogP contribution in [0.25, 0.3) is 49.9 Å².